The standard InChI is InChI=1S/C16H14Cl2FN/c1-20-16-8-12(9-2-5-14(17)15(18)6-9)11-4-3-10(19)7-13(11)16/h2-7,12,16,20H,8H2,1H3/t12-,16-/m0/s1. The molecule has 1 aliphatic rings. The Morgan fingerprint density at radius 2 is 1.85 bits per heavy atom. The Hall–Kier alpha value is -1.09. The van der Waals surface area contributed by atoms with E-state index in [-0.39, 0.29) is 17.8 Å². The van der Waals surface area contributed by atoms with E-state index in [1.54, 1.807) is 6.07 Å². The van der Waals surface area contributed by atoms with E-state index in [2.05, 4.69) is 5.32 Å². The molecule has 1 aliphatic carbocycles. The van der Waals surface area contributed by atoms with E-state index < -0.39 is 0 Å². The Labute approximate surface area is 127 Å². The SMILES string of the molecule is CN[C@H]1C[C@@H](c2ccc(Cl)c(Cl)c2)c2ccc(F)cc21. The van der Waals surface area contributed by atoms with Gasteiger partial charge in [-0.25, -0.2) is 4.39 Å². The summed E-state index contributed by atoms with van der Waals surface area (Å²) in [5.41, 5.74) is 3.30. The second-order valence-electron chi connectivity index (χ2n) is 5.08. The highest BCUT2D eigenvalue weighted by atomic mass is 35.5. The molecule has 0 heterocycles. The second kappa shape index (κ2) is 5.36. The lowest BCUT2D eigenvalue weighted by Crippen LogP contribution is -2.13. The van der Waals surface area contributed by atoms with Crippen LogP contribution in [0.5, 0.6) is 0 Å². The largest absolute Gasteiger partial charge is 0.313 e. The molecule has 0 aromatic heterocycles. The molecule has 2 atom stereocenters. The van der Waals surface area contributed by atoms with Gasteiger partial charge in [-0.3, -0.25) is 0 Å². The van der Waals surface area contributed by atoms with Gasteiger partial charge in [0.1, 0.15) is 5.82 Å². The first-order valence-corrected chi connectivity index (χ1v) is 7.27. The van der Waals surface area contributed by atoms with Crippen LogP contribution in [0.4, 0.5) is 4.39 Å². The average molecular weight is 310 g/mol. The molecule has 0 saturated heterocycles. The molecule has 0 aliphatic heterocycles. The predicted molar refractivity (Wildman–Crippen MR) is 81.1 cm³/mol. The first-order chi connectivity index (χ1) is 9.60. The van der Waals surface area contributed by atoms with Gasteiger partial charge in [-0.2, -0.15) is 0 Å². The summed E-state index contributed by atoms with van der Waals surface area (Å²) in [5.74, 6) is 0.0246. The summed E-state index contributed by atoms with van der Waals surface area (Å²) in [6, 6.07) is 10.9. The van der Waals surface area contributed by atoms with Crippen molar-refractivity contribution in [2.75, 3.05) is 7.05 Å². The van der Waals surface area contributed by atoms with Crippen LogP contribution in [-0.4, -0.2) is 7.05 Å². The van der Waals surface area contributed by atoms with Gasteiger partial charge < -0.3 is 5.32 Å². The molecule has 2 aromatic carbocycles. The second-order valence-corrected chi connectivity index (χ2v) is 5.89. The minimum atomic E-state index is -0.196. The van der Waals surface area contributed by atoms with Crippen molar-refractivity contribution >= 4 is 23.2 Å². The number of rotatable bonds is 2. The van der Waals surface area contributed by atoms with E-state index in [1.807, 2.05) is 31.3 Å². The molecule has 3 rings (SSSR count). The first-order valence-electron chi connectivity index (χ1n) is 6.51. The summed E-state index contributed by atoms with van der Waals surface area (Å²) in [5, 5.41) is 4.36. The predicted octanol–water partition coefficient (Wildman–Crippen LogP) is 4.93. The first kappa shape index (κ1) is 13.9. The molecular weight excluding hydrogens is 296 g/mol. The molecule has 0 amide bonds. The van der Waals surface area contributed by atoms with Crippen LogP contribution in [0.1, 0.15) is 35.1 Å². The van der Waals surface area contributed by atoms with Gasteiger partial charge in [0.25, 0.3) is 0 Å². The van der Waals surface area contributed by atoms with Crippen LogP contribution in [0.2, 0.25) is 10.0 Å². The maximum Gasteiger partial charge on any atom is 0.123 e. The Bertz CT molecular complexity index is 657. The number of nitrogens with one attached hydrogen (secondary N) is 1. The van der Waals surface area contributed by atoms with Gasteiger partial charge in [0.15, 0.2) is 0 Å². The van der Waals surface area contributed by atoms with Gasteiger partial charge in [0, 0.05) is 12.0 Å². The number of hydrogen-bond donors (Lipinski definition) is 1. The van der Waals surface area contributed by atoms with Crippen LogP contribution in [-0.2, 0) is 0 Å². The third kappa shape index (κ3) is 2.32. The van der Waals surface area contributed by atoms with E-state index in [4.69, 9.17) is 23.2 Å². The highest BCUT2D eigenvalue weighted by molar-refractivity contribution is 6.42. The smallest absolute Gasteiger partial charge is 0.123 e. The van der Waals surface area contributed by atoms with Crippen molar-refractivity contribution < 1.29 is 4.39 Å². The van der Waals surface area contributed by atoms with E-state index in [0.717, 1.165) is 23.1 Å². The Morgan fingerprint density at radius 3 is 2.55 bits per heavy atom. The monoisotopic (exact) mass is 309 g/mol. The summed E-state index contributed by atoms with van der Waals surface area (Å²) in [6.07, 6.45) is 0.896. The van der Waals surface area contributed by atoms with Crippen molar-refractivity contribution in [1.29, 1.82) is 0 Å². The van der Waals surface area contributed by atoms with Gasteiger partial charge in [-0.1, -0.05) is 35.3 Å². The van der Waals surface area contributed by atoms with Crippen molar-refractivity contribution in [3.8, 4) is 0 Å². The summed E-state index contributed by atoms with van der Waals surface area (Å²) in [7, 11) is 1.90. The lowest BCUT2D eigenvalue weighted by atomic mass is 9.93. The van der Waals surface area contributed by atoms with Crippen LogP contribution in [0.25, 0.3) is 0 Å². The molecule has 2 aromatic rings. The maximum absolute atomic E-state index is 13.5. The molecule has 4 heteroatoms. The summed E-state index contributed by atoms with van der Waals surface area (Å²) < 4.78 is 13.5. The lowest BCUT2D eigenvalue weighted by molar-refractivity contribution is 0.560. The Balaban J connectivity index is 2.06. The Morgan fingerprint density at radius 1 is 1.05 bits per heavy atom. The van der Waals surface area contributed by atoms with Crippen molar-refractivity contribution in [2.45, 2.75) is 18.4 Å². The molecule has 1 N–H and O–H groups in total. The van der Waals surface area contributed by atoms with E-state index >= 15 is 0 Å². The van der Waals surface area contributed by atoms with Crippen molar-refractivity contribution in [3.05, 3.63) is 69.0 Å². The van der Waals surface area contributed by atoms with Crippen LogP contribution < -0.4 is 5.32 Å². The highest BCUT2D eigenvalue weighted by Crippen LogP contribution is 2.44. The Kier molecular flexibility index (Phi) is 3.72. The van der Waals surface area contributed by atoms with Crippen molar-refractivity contribution in [2.24, 2.45) is 0 Å². The third-order valence-corrected chi connectivity index (χ3v) is 4.70. The fraction of sp³-hybridized carbons (Fsp3) is 0.250. The van der Waals surface area contributed by atoms with Gasteiger partial charge in [0.2, 0.25) is 0 Å². The topological polar surface area (TPSA) is 12.0 Å². The zero-order valence-corrected chi connectivity index (χ0v) is 12.5. The fourth-order valence-corrected chi connectivity index (χ4v) is 3.28. The van der Waals surface area contributed by atoms with E-state index in [9.17, 15) is 4.39 Å². The number of benzene rings is 2. The number of fused-ring (bicyclic) bond motifs is 1. The molecule has 0 saturated carbocycles. The van der Waals surface area contributed by atoms with Gasteiger partial charge >= 0.3 is 0 Å². The summed E-state index contributed by atoms with van der Waals surface area (Å²) in [6.45, 7) is 0. The zero-order valence-electron chi connectivity index (χ0n) is 11.0. The molecule has 0 fully saturated rings. The molecule has 0 unspecified atom stereocenters. The quantitative estimate of drug-likeness (QED) is 0.829. The van der Waals surface area contributed by atoms with Crippen LogP contribution in [0.3, 0.4) is 0 Å². The molecular formula is C16H14Cl2FN. The fourth-order valence-electron chi connectivity index (χ4n) is 2.97. The molecule has 0 radical (unpaired) electrons. The highest BCUT2D eigenvalue weighted by Gasteiger charge is 2.31. The summed E-state index contributed by atoms with van der Waals surface area (Å²) >= 11 is 12.1. The lowest BCUT2D eigenvalue weighted by Gasteiger charge is -2.13. The molecule has 0 bridgehead atoms. The minimum Gasteiger partial charge on any atom is -0.313 e. The van der Waals surface area contributed by atoms with Gasteiger partial charge in [-0.15, -0.1) is 0 Å². The third-order valence-electron chi connectivity index (χ3n) is 3.97. The van der Waals surface area contributed by atoms with Crippen LogP contribution in [0, 0.1) is 5.82 Å². The van der Waals surface area contributed by atoms with Gasteiger partial charge in [0.05, 0.1) is 10.0 Å². The average Bonchev–Trinajstić information content (AvgIpc) is 2.79. The van der Waals surface area contributed by atoms with Crippen LogP contribution >= 0.6 is 23.2 Å². The van der Waals surface area contributed by atoms with Crippen molar-refractivity contribution in [1.82, 2.24) is 5.32 Å². The normalized spacial score (nSPS) is 21.0. The molecule has 1 nitrogen and oxygen atoms in total. The minimum absolute atomic E-state index is 0.167. The van der Waals surface area contributed by atoms with Gasteiger partial charge in [-0.05, 0) is 54.4 Å². The number of hydrogen-bond acceptors (Lipinski definition) is 1. The summed E-state index contributed by atoms with van der Waals surface area (Å²) in [4.78, 5) is 0. The molecule has 20 heavy (non-hydrogen) atoms. The van der Waals surface area contributed by atoms with Crippen LogP contribution in [0.15, 0.2) is 36.4 Å². The van der Waals surface area contributed by atoms with Crippen molar-refractivity contribution in [3.63, 3.8) is 0 Å². The maximum atomic E-state index is 13.5. The van der Waals surface area contributed by atoms with E-state index in [1.165, 1.54) is 6.07 Å². The molecule has 104 valence electrons. The zero-order chi connectivity index (χ0) is 14.3. The molecule has 0 spiro atoms. The number of halogens is 3. The van der Waals surface area contributed by atoms with E-state index in [0.29, 0.717) is 10.0 Å².